The molecule has 1 heterocycles. The topological polar surface area (TPSA) is 94.3 Å². The van der Waals surface area contributed by atoms with E-state index in [0.29, 0.717) is 10.8 Å². The molecule has 0 bridgehead atoms. The van der Waals surface area contributed by atoms with Crippen LogP contribution in [0.5, 0.6) is 5.75 Å². The van der Waals surface area contributed by atoms with Gasteiger partial charge in [0.1, 0.15) is 10.6 Å². The summed E-state index contributed by atoms with van der Waals surface area (Å²) in [6.07, 6.45) is 1.60. The molecule has 0 aliphatic rings. The Morgan fingerprint density at radius 3 is 2.74 bits per heavy atom. The SMILES string of the molecule is COc1ccc(N)cc1S(=O)(=O)Nc1ncc(C)s1. The fraction of sp³-hybridized carbons (Fsp3) is 0.182. The molecule has 0 aliphatic heterocycles. The molecule has 2 aromatic rings. The fourth-order valence-corrected chi connectivity index (χ4v) is 3.59. The van der Waals surface area contributed by atoms with Crippen molar-refractivity contribution in [3.05, 3.63) is 29.3 Å². The summed E-state index contributed by atoms with van der Waals surface area (Å²) in [5.74, 6) is 0.231. The van der Waals surface area contributed by atoms with E-state index in [4.69, 9.17) is 10.5 Å². The van der Waals surface area contributed by atoms with Gasteiger partial charge in [0.05, 0.1) is 7.11 Å². The zero-order valence-electron chi connectivity index (χ0n) is 10.4. The molecule has 1 aromatic heterocycles. The number of nitrogen functional groups attached to an aromatic ring is 1. The van der Waals surface area contributed by atoms with E-state index in [0.717, 1.165) is 4.88 Å². The van der Waals surface area contributed by atoms with E-state index in [1.54, 1.807) is 12.3 Å². The van der Waals surface area contributed by atoms with Crippen LogP contribution in [0.2, 0.25) is 0 Å². The highest BCUT2D eigenvalue weighted by Crippen LogP contribution is 2.28. The molecule has 1 aromatic carbocycles. The van der Waals surface area contributed by atoms with Crippen molar-refractivity contribution >= 4 is 32.2 Å². The Bertz CT molecular complexity index is 695. The maximum Gasteiger partial charge on any atom is 0.267 e. The Balaban J connectivity index is 2.41. The molecule has 19 heavy (non-hydrogen) atoms. The Morgan fingerprint density at radius 2 is 2.16 bits per heavy atom. The van der Waals surface area contributed by atoms with Crippen molar-refractivity contribution in [2.24, 2.45) is 0 Å². The Kier molecular flexibility index (Phi) is 3.63. The minimum absolute atomic E-state index is 0.0112. The normalized spacial score (nSPS) is 11.3. The van der Waals surface area contributed by atoms with Gasteiger partial charge in [0.25, 0.3) is 10.0 Å². The van der Waals surface area contributed by atoms with Crippen LogP contribution in [0.4, 0.5) is 10.8 Å². The van der Waals surface area contributed by atoms with Gasteiger partial charge >= 0.3 is 0 Å². The molecule has 0 unspecified atom stereocenters. The van der Waals surface area contributed by atoms with Crippen molar-refractivity contribution < 1.29 is 13.2 Å². The third-order valence-corrected chi connectivity index (χ3v) is 4.64. The minimum Gasteiger partial charge on any atom is -0.495 e. The van der Waals surface area contributed by atoms with E-state index < -0.39 is 10.0 Å². The molecular weight excluding hydrogens is 286 g/mol. The summed E-state index contributed by atoms with van der Waals surface area (Å²) in [7, 11) is -2.37. The van der Waals surface area contributed by atoms with Gasteiger partial charge in [0.2, 0.25) is 0 Å². The number of ether oxygens (including phenoxy) is 1. The highest BCUT2D eigenvalue weighted by Gasteiger charge is 2.21. The summed E-state index contributed by atoms with van der Waals surface area (Å²) in [5.41, 5.74) is 5.96. The first-order valence-electron chi connectivity index (χ1n) is 5.31. The van der Waals surface area contributed by atoms with Crippen molar-refractivity contribution in [2.45, 2.75) is 11.8 Å². The van der Waals surface area contributed by atoms with E-state index in [1.807, 2.05) is 6.92 Å². The summed E-state index contributed by atoms with van der Waals surface area (Å²) in [4.78, 5) is 4.86. The quantitative estimate of drug-likeness (QED) is 0.840. The minimum atomic E-state index is -3.77. The van der Waals surface area contributed by atoms with Crippen LogP contribution < -0.4 is 15.2 Å². The summed E-state index contributed by atoms with van der Waals surface area (Å²) >= 11 is 1.25. The van der Waals surface area contributed by atoms with Gasteiger partial charge < -0.3 is 10.5 Å². The lowest BCUT2D eigenvalue weighted by molar-refractivity contribution is 0.403. The van der Waals surface area contributed by atoms with Crippen LogP contribution in [0.1, 0.15) is 4.88 Å². The molecule has 0 atom stereocenters. The maximum atomic E-state index is 12.3. The number of nitrogens with two attached hydrogens (primary N) is 1. The van der Waals surface area contributed by atoms with E-state index in [-0.39, 0.29) is 10.6 Å². The number of aromatic nitrogens is 1. The first-order valence-corrected chi connectivity index (χ1v) is 7.61. The van der Waals surface area contributed by atoms with Crippen LogP contribution in [0.3, 0.4) is 0 Å². The molecule has 0 aliphatic carbocycles. The molecule has 8 heteroatoms. The van der Waals surface area contributed by atoms with Crippen LogP contribution in [0.25, 0.3) is 0 Å². The fourth-order valence-electron chi connectivity index (χ4n) is 1.48. The number of benzene rings is 1. The predicted molar refractivity (Wildman–Crippen MR) is 75.1 cm³/mol. The van der Waals surface area contributed by atoms with Crippen molar-refractivity contribution in [2.75, 3.05) is 17.6 Å². The molecule has 2 rings (SSSR count). The Labute approximate surface area is 115 Å². The molecule has 0 fully saturated rings. The van der Waals surface area contributed by atoms with Gasteiger partial charge in [-0.2, -0.15) is 0 Å². The number of thiazole rings is 1. The van der Waals surface area contributed by atoms with Crippen molar-refractivity contribution in [1.29, 1.82) is 0 Å². The number of sulfonamides is 1. The highest BCUT2D eigenvalue weighted by molar-refractivity contribution is 7.93. The molecule has 0 radical (unpaired) electrons. The molecule has 3 N–H and O–H groups in total. The van der Waals surface area contributed by atoms with Gasteiger partial charge in [-0.05, 0) is 25.1 Å². The zero-order valence-corrected chi connectivity index (χ0v) is 12.0. The van der Waals surface area contributed by atoms with E-state index >= 15 is 0 Å². The van der Waals surface area contributed by atoms with E-state index in [9.17, 15) is 8.42 Å². The lowest BCUT2D eigenvalue weighted by Crippen LogP contribution is -2.14. The average molecular weight is 299 g/mol. The highest BCUT2D eigenvalue weighted by atomic mass is 32.2. The van der Waals surface area contributed by atoms with Gasteiger partial charge in [-0.3, -0.25) is 4.72 Å². The zero-order chi connectivity index (χ0) is 14.0. The standard InChI is InChI=1S/C11H13N3O3S2/c1-7-6-13-11(18-7)14-19(15,16)10-5-8(12)3-4-9(10)17-2/h3-6H,12H2,1-2H3,(H,13,14). The van der Waals surface area contributed by atoms with Crippen molar-refractivity contribution in [1.82, 2.24) is 4.98 Å². The summed E-state index contributed by atoms with van der Waals surface area (Å²) in [5, 5.41) is 0.307. The largest absolute Gasteiger partial charge is 0.495 e. The number of hydrogen-bond acceptors (Lipinski definition) is 6. The van der Waals surface area contributed by atoms with Crippen molar-refractivity contribution in [3.63, 3.8) is 0 Å². The first-order chi connectivity index (χ1) is 8.92. The molecule has 0 saturated carbocycles. The monoisotopic (exact) mass is 299 g/mol. The second kappa shape index (κ2) is 5.06. The Morgan fingerprint density at radius 1 is 1.42 bits per heavy atom. The van der Waals surface area contributed by atoms with Gasteiger partial charge in [0, 0.05) is 16.8 Å². The van der Waals surface area contributed by atoms with Crippen molar-refractivity contribution in [3.8, 4) is 5.75 Å². The number of rotatable bonds is 4. The van der Waals surface area contributed by atoms with Gasteiger partial charge in [0.15, 0.2) is 5.13 Å². The number of methoxy groups -OCH3 is 1. The van der Waals surface area contributed by atoms with Crippen LogP contribution >= 0.6 is 11.3 Å². The number of hydrogen-bond donors (Lipinski definition) is 2. The number of nitrogens with one attached hydrogen (secondary N) is 1. The van der Waals surface area contributed by atoms with Gasteiger partial charge in [-0.25, -0.2) is 13.4 Å². The average Bonchev–Trinajstić information content (AvgIpc) is 2.74. The van der Waals surface area contributed by atoms with Crippen LogP contribution in [-0.4, -0.2) is 20.5 Å². The van der Waals surface area contributed by atoms with Gasteiger partial charge in [-0.1, -0.05) is 0 Å². The predicted octanol–water partition coefficient (Wildman–Crippen LogP) is 1.84. The lowest BCUT2D eigenvalue weighted by Gasteiger charge is -2.10. The second-order valence-corrected chi connectivity index (χ2v) is 6.68. The van der Waals surface area contributed by atoms with E-state index in [1.165, 1.54) is 30.6 Å². The number of anilines is 2. The smallest absolute Gasteiger partial charge is 0.267 e. The lowest BCUT2D eigenvalue weighted by atomic mass is 10.3. The molecule has 0 spiro atoms. The second-order valence-electron chi connectivity index (χ2n) is 3.79. The summed E-state index contributed by atoms with van der Waals surface area (Å²) in [6.45, 7) is 1.84. The molecule has 6 nitrogen and oxygen atoms in total. The molecule has 102 valence electrons. The first kappa shape index (κ1) is 13.6. The number of aryl methyl sites for hydroxylation is 1. The molecular formula is C11H13N3O3S2. The molecule has 0 saturated heterocycles. The van der Waals surface area contributed by atoms with Gasteiger partial charge in [-0.15, -0.1) is 11.3 Å². The Hall–Kier alpha value is -1.80. The van der Waals surface area contributed by atoms with Crippen LogP contribution in [0.15, 0.2) is 29.3 Å². The molecule has 0 amide bonds. The number of nitrogens with zero attached hydrogens (tertiary/aromatic N) is 1. The summed E-state index contributed by atoms with van der Waals surface area (Å²) in [6, 6.07) is 4.43. The summed E-state index contributed by atoms with van der Waals surface area (Å²) < 4.78 is 32.0. The van der Waals surface area contributed by atoms with Crippen LogP contribution in [-0.2, 0) is 10.0 Å². The van der Waals surface area contributed by atoms with E-state index in [2.05, 4.69) is 9.71 Å². The van der Waals surface area contributed by atoms with Crippen LogP contribution in [0, 0.1) is 6.92 Å². The third-order valence-electron chi connectivity index (χ3n) is 2.32. The maximum absolute atomic E-state index is 12.3. The third kappa shape index (κ3) is 2.96.